The summed E-state index contributed by atoms with van der Waals surface area (Å²) < 4.78 is 35.1. The van der Waals surface area contributed by atoms with Gasteiger partial charge in [0.1, 0.15) is 17.1 Å². The van der Waals surface area contributed by atoms with Gasteiger partial charge in [-0.3, -0.25) is 9.47 Å². The lowest BCUT2D eigenvalue weighted by Crippen LogP contribution is -2.48. The SMILES string of the molecule is COc1cccc(S(=O)(=O)N2CCN(Cc3nc4cccnc4n3-c3ccc(C)cc3)CC2)c1. The summed E-state index contributed by atoms with van der Waals surface area (Å²) in [6.07, 6.45) is 1.78. The molecule has 0 amide bonds. The van der Waals surface area contributed by atoms with Crippen LogP contribution in [0.4, 0.5) is 0 Å². The average Bonchev–Trinajstić information content (AvgIpc) is 3.22. The standard InChI is InChI=1S/C25H27N5O3S/c1-19-8-10-20(11-9-19)30-24(27-23-7-4-12-26-25(23)30)18-28-13-15-29(16-14-28)34(31,32)22-6-3-5-21(17-22)33-2/h3-12,17H,13-16,18H2,1-2H3. The monoisotopic (exact) mass is 477 g/mol. The molecule has 0 bridgehead atoms. The van der Waals surface area contributed by atoms with Gasteiger partial charge in [0.15, 0.2) is 5.65 Å². The number of rotatable bonds is 6. The predicted octanol–water partition coefficient (Wildman–Crippen LogP) is 3.24. The first-order valence-electron chi connectivity index (χ1n) is 11.2. The van der Waals surface area contributed by atoms with Gasteiger partial charge in [-0.25, -0.2) is 18.4 Å². The molecule has 0 aliphatic carbocycles. The van der Waals surface area contributed by atoms with Gasteiger partial charge in [0.25, 0.3) is 0 Å². The van der Waals surface area contributed by atoms with Crippen molar-refractivity contribution in [3.05, 3.63) is 78.2 Å². The van der Waals surface area contributed by atoms with Crippen molar-refractivity contribution in [2.24, 2.45) is 0 Å². The maximum absolute atomic E-state index is 13.1. The van der Waals surface area contributed by atoms with Gasteiger partial charge in [0.05, 0.1) is 18.6 Å². The van der Waals surface area contributed by atoms with Crippen molar-refractivity contribution in [3.63, 3.8) is 0 Å². The number of aromatic nitrogens is 3. The molecule has 4 aromatic rings. The minimum atomic E-state index is -3.57. The third-order valence-electron chi connectivity index (χ3n) is 6.15. The number of imidazole rings is 1. The van der Waals surface area contributed by atoms with Crippen molar-refractivity contribution in [3.8, 4) is 11.4 Å². The average molecular weight is 478 g/mol. The normalized spacial score (nSPS) is 15.6. The number of piperazine rings is 1. The molecule has 1 aliphatic heterocycles. The second-order valence-electron chi connectivity index (χ2n) is 8.40. The summed E-state index contributed by atoms with van der Waals surface area (Å²) in [6, 6.07) is 18.8. The van der Waals surface area contributed by atoms with Gasteiger partial charge in [0, 0.05) is 44.1 Å². The Labute approximate surface area is 199 Å². The van der Waals surface area contributed by atoms with Crippen molar-refractivity contribution < 1.29 is 13.2 Å². The second-order valence-corrected chi connectivity index (χ2v) is 10.3. The highest BCUT2D eigenvalue weighted by atomic mass is 32.2. The molecule has 1 aliphatic rings. The summed E-state index contributed by atoms with van der Waals surface area (Å²) in [4.78, 5) is 11.9. The van der Waals surface area contributed by atoms with Crippen molar-refractivity contribution in [2.75, 3.05) is 33.3 Å². The lowest BCUT2D eigenvalue weighted by molar-refractivity contribution is 0.177. The molecule has 9 heteroatoms. The first-order chi connectivity index (χ1) is 16.5. The Morgan fingerprint density at radius 1 is 0.971 bits per heavy atom. The highest BCUT2D eigenvalue weighted by molar-refractivity contribution is 7.89. The Balaban J connectivity index is 1.35. The molecular weight excluding hydrogens is 450 g/mol. The van der Waals surface area contributed by atoms with Gasteiger partial charge in [-0.1, -0.05) is 23.8 Å². The van der Waals surface area contributed by atoms with E-state index in [0.29, 0.717) is 38.5 Å². The molecule has 1 saturated heterocycles. The number of benzene rings is 2. The lowest BCUT2D eigenvalue weighted by atomic mass is 10.2. The number of ether oxygens (including phenoxy) is 1. The maximum atomic E-state index is 13.1. The Morgan fingerprint density at radius 2 is 1.74 bits per heavy atom. The van der Waals surface area contributed by atoms with E-state index in [1.807, 2.05) is 12.1 Å². The fraction of sp³-hybridized carbons (Fsp3) is 0.280. The topological polar surface area (TPSA) is 80.6 Å². The molecule has 5 rings (SSSR count). The number of hydrogen-bond acceptors (Lipinski definition) is 6. The summed E-state index contributed by atoms with van der Waals surface area (Å²) in [5.41, 5.74) is 3.87. The molecule has 2 aromatic heterocycles. The number of nitrogens with zero attached hydrogens (tertiary/aromatic N) is 5. The van der Waals surface area contributed by atoms with E-state index in [2.05, 4.69) is 45.6 Å². The minimum Gasteiger partial charge on any atom is -0.497 e. The van der Waals surface area contributed by atoms with Crippen molar-refractivity contribution in [1.29, 1.82) is 0 Å². The van der Waals surface area contributed by atoms with E-state index >= 15 is 0 Å². The number of fused-ring (bicyclic) bond motifs is 1. The van der Waals surface area contributed by atoms with Crippen LogP contribution >= 0.6 is 0 Å². The van der Waals surface area contributed by atoms with Crippen LogP contribution in [-0.4, -0.2) is 65.4 Å². The van der Waals surface area contributed by atoms with Crippen molar-refractivity contribution in [2.45, 2.75) is 18.4 Å². The molecule has 8 nitrogen and oxygen atoms in total. The summed E-state index contributed by atoms with van der Waals surface area (Å²) in [6.45, 7) is 4.75. The zero-order chi connectivity index (χ0) is 23.7. The second kappa shape index (κ2) is 9.17. The largest absolute Gasteiger partial charge is 0.497 e. The van der Waals surface area contributed by atoms with E-state index in [1.165, 1.54) is 12.7 Å². The highest BCUT2D eigenvalue weighted by Gasteiger charge is 2.29. The Bertz CT molecular complexity index is 1410. The molecule has 176 valence electrons. The van der Waals surface area contributed by atoms with Crippen LogP contribution < -0.4 is 4.74 Å². The van der Waals surface area contributed by atoms with Crippen LogP contribution in [0.1, 0.15) is 11.4 Å². The van der Waals surface area contributed by atoms with E-state index in [1.54, 1.807) is 34.8 Å². The lowest BCUT2D eigenvalue weighted by Gasteiger charge is -2.33. The first-order valence-corrected chi connectivity index (χ1v) is 12.7. The first kappa shape index (κ1) is 22.5. The molecule has 34 heavy (non-hydrogen) atoms. The summed E-state index contributed by atoms with van der Waals surface area (Å²) >= 11 is 0. The van der Waals surface area contributed by atoms with E-state index in [0.717, 1.165) is 22.7 Å². The Hall–Kier alpha value is -3.27. The summed E-state index contributed by atoms with van der Waals surface area (Å²) in [5, 5.41) is 0. The number of hydrogen-bond donors (Lipinski definition) is 0. The highest BCUT2D eigenvalue weighted by Crippen LogP contribution is 2.24. The molecule has 0 unspecified atom stereocenters. The predicted molar refractivity (Wildman–Crippen MR) is 131 cm³/mol. The van der Waals surface area contributed by atoms with Crippen LogP contribution in [0.3, 0.4) is 0 Å². The molecule has 2 aromatic carbocycles. The molecule has 0 spiro atoms. The fourth-order valence-corrected chi connectivity index (χ4v) is 5.73. The van der Waals surface area contributed by atoms with Crippen LogP contribution in [-0.2, 0) is 16.6 Å². The van der Waals surface area contributed by atoms with E-state index in [-0.39, 0.29) is 4.90 Å². The summed E-state index contributed by atoms with van der Waals surface area (Å²) in [5.74, 6) is 1.42. The number of pyridine rings is 1. The number of sulfonamides is 1. The third kappa shape index (κ3) is 4.29. The molecule has 3 heterocycles. The van der Waals surface area contributed by atoms with Gasteiger partial charge in [-0.15, -0.1) is 0 Å². The van der Waals surface area contributed by atoms with Crippen molar-refractivity contribution in [1.82, 2.24) is 23.7 Å². The zero-order valence-corrected chi connectivity index (χ0v) is 20.1. The molecular formula is C25H27N5O3S. The van der Waals surface area contributed by atoms with E-state index in [4.69, 9.17) is 9.72 Å². The Morgan fingerprint density at radius 3 is 2.47 bits per heavy atom. The van der Waals surface area contributed by atoms with Gasteiger partial charge in [-0.05, 0) is 43.3 Å². The smallest absolute Gasteiger partial charge is 0.243 e. The summed E-state index contributed by atoms with van der Waals surface area (Å²) in [7, 11) is -2.04. The quantitative estimate of drug-likeness (QED) is 0.424. The Kier molecular flexibility index (Phi) is 6.07. The van der Waals surface area contributed by atoms with Gasteiger partial charge in [0.2, 0.25) is 10.0 Å². The third-order valence-corrected chi connectivity index (χ3v) is 8.05. The van der Waals surface area contributed by atoms with Gasteiger partial charge in [-0.2, -0.15) is 4.31 Å². The van der Waals surface area contributed by atoms with Crippen LogP contribution in [0.15, 0.2) is 71.8 Å². The molecule has 0 N–H and O–H groups in total. The van der Waals surface area contributed by atoms with Gasteiger partial charge < -0.3 is 4.74 Å². The zero-order valence-electron chi connectivity index (χ0n) is 19.3. The van der Waals surface area contributed by atoms with E-state index in [9.17, 15) is 8.42 Å². The minimum absolute atomic E-state index is 0.257. The number of methoxy groups -OCH3 is 1. The van der Waals surface area contributed by atoms with Crippen molar-refractivity contribution >= 4 is 21.2 Å². The molecule has 0 saturated carbocycles. The molecule has 1 fully saturated rings. The van der Waals surface area contributed by atoms with Gasteiger partial charge >= 0.3 is 0 Å². The fourth-order valence-electron chi connectivity index (χ4n) is 4.27. The maximum Gasteiger partial charge on any atom is 0.243 e. The number of aryl methyl sites for hydroxylation is 1. The van der Waals surface area contributed by atoms with E-state index < -0.39 is 10.0 Å². The van der Waals surface area contributed by atoms with Crippen LogP contribution in [0.5, 0.6) is 5.75 Å². The van der Waals surface area contributed by atoms with Crippen LogP contribution in [0.2, 0.25) is 0 Å². The van der Waals surface area contributed by atoms with Crippen LogP contribution in [0.25, 0.3) is 16.9 Å². The molecule has 0 radical (unpaired) electrons. The van der Waals surface area contributed by atoms with Crippen LogP contribution in [0, 0.1) is 6.92 Å². The molecule has 0 atom stereocenters.